The van der Waals surface area contributed by atoms with Crippen LogP contribution in [0.5, 0.6) is 0 Å². The largest absolute Gasteiger partial charge is 0.446 e. The minimum Gasteiger partial charge on any atom is -0.337 e. The van der Waals surface area contributed by atoms with Gasteiger partial charge < -0.3 is 10.2 Å². The predicted molar refractivity (Wildman–Crippen MR) is 125 cm³/mol. The van der Waals surface area contributed by atoms with Crippen LogP contribution in [-0.4, -0.2) is 30.7 Å². The number of nitrogens with zero attached hydrogens (tertiary/aromatic N) is 3. The van der Waals surface area contributed by atoms with Crippen molar-refractivity contribution in [2.24, 2.45) is 0 Å². The van der Waals surface area contributed by atoms with Crippen molar-refractivity contribution in [3.63, 3.8) is 0 Å². The summed E-state index contributed by atoms with van der Waals surface area (Å²) in [7, 11) is -2.82. The van der Waals surface area contributed by atoms with Gasteiger partial charge in [0.1, 0.15) is 11.6 Å². The number of carbonyl (C=O) groups is 1. The van der Waals surface area contributed by atoms with Crippen LogP contribution in [0.3, 0.4) is 0 Å². The van der Waals surface area contributed by atoms with Crippen LogP contribution in [0.15, 0.2) is 53.4 Å². The SMILES string of the molecule is Cc1sc(N(Cc2ccccc2SC(F)(F)F)c2ccc(C#N)cc2)nc1C(=O)NC[SH](=O)=O. The van der Waals surface area contributed by atoms with E-state index >= 15 is 0 Å². The Kier molecular flexibility index (Phi) is 8.19. The first kappa shape index (κ1) is 25.5. The van der Waals surface area contributed by atoms with Crippen molar-refractivity contribution in [2.45, 2.75) is 23.9 Å². The van der Waals surface area contributed by atoms with Gasteiger partial charge in [-0.3, -0.25) is 4.79 Å². The molecule has 0 aliphatic carbocycles. The molecule has 1 aromatic heterocycles. The lowest BCUT2D eigenvalue weighted by atomic mass is 10.1. The van der Waals surface area contributed by atoms with Gasteiger partial charge in [0.25, 0.3) is 5.91 Å². The summed E-state index contributed by atoms with van der Waals surface area (Å²) in [5, 5.41) is 11.7. The van der Waals surface area contributed by atoms with Crippen molar-refractivity contribution in [2.75, 3.05) is 10.8 Å². The first-order valence-corrected chi connectivity index (χ1v) is 12.6. The Morgan fingerprint density at radius 3 is 2.50 bits per heavy atom. The lowest BCUT2D eigenvalue weighted by Crippen LogP contribution is -2.26. The van der Waals surface area contributed by atoms with E-state index in [0.717, 1.165) is 11.3 Å². The van der Waals surface area contributed by atoms with Crippen molar-refractivity contribution >= 4 is 50.5 Å². The number of carbonyl (C=O) groups excluding carboxylic acids is 1. The number of thioether (sulfide) groups is 1. The third kappa shape index (κ3) is 6.72. The maximum absolute atomic E-state index is 13.1. The number of rotatable bonds is 8. The number of benzene rings is 2. The Morgan fingerprint density at radius 2 is 1.88 bits per heavy atom. The van der Waals surface area contributed by atoms with Crippen molar-refractivity contribution < 1.29 is 26.4 Å². The number of halogens is 3. The Morgan fingerprint density at radius 1 is 1.21 bits per heavy atom. The van der Waals surface area contributed by atoms with Gasteiger partial charge in [-0.1, -0.05) is 18.2 Å². The van der Waals surface area contributed by atoms with Gasteiger partial charge in [0.05, 0.1) is 18.2 Å². The third-order valence-corrected chi connectivity index (χ3v) is 6.69. The number of hydrogen-bond donors (Lipinski definition) is 2. The number of thiol groups is 1. The number of nitriles is 1. The molecule has 1 heterocycles. The van der Waals surface area contributed by atoms with Crippen LogP contribution >= 0.6 is 23.1 Å². The summed E-state index contributed by atoms with van der Waals surface area (Å²) in [6, 6.07) is 14.5. The molecule has 178 valence electrons. The highest BCUT2D eigenvalue weighted by Gasteiger charge is 2.31. The topological polar surface area (TPSA) is 103 Å². The third-order valence-electron chi connectivity index (χ3n) is 4.43. The molecule has 0 saturated carbocycles. The van der Waals surface area contributed by atoms with E-state index in [1.54, 1.807) is 48.2 Å². The molecule has 34 heavy (non-hydrogen) atoms. The van der Waals surface area contributed by atoms with Crippen molar-refractivity contribution in [1.82, 2.24) is 10.3 Å². The number of aromatic nitrogens is 1. The minimum atomic E-state index is -4.47. The van der Waals surface area contributed by atoms with E-state index in [1.807, 2.05) is 6.07 Å². The summed E-state index contributed by atoms with van der Waals surface area (Å²) in [5.74, 6) is -1.21. The fourth-order valence-electron chi connectivity index (χ4n) is 2.94. The highest BCUT2D eigenvalue weighted by atomic mass is 32.2. The summed E-state index contributed by atoms with van der Waals surface area (Å²) in [6.07, 6.45) is 0. The van der Waals surface area contributed by atoms with E-state index in [4.69, 9.17) is 5.26 Å². The molecule has 0 spiro atoms. The van der Waals surface area contributed by atoms with E-state index in [9.17, 15) is 26.4 Å². The van der Waals surface area contributed by atoms with E-state index in [2.05, 4.69) is 10.3 Å². The smallest absolute Gasteiger partial charge is 0.337 e. The van der Waals surface area contributed by atoms with Crippen LogP contribution in [0.25, 0.3) is 0 Å². The van der Waals surface area contributed by atoms with Crippen LogP contribution in [-0.2, 0) is 17.2 Å². The molecule has 0 atom stereocenters. The van der Waals surface area contributed by atoms with E-state index in [0.29, 0.717) is 26.8 Å². The maximum Gasteiger partial charge on any atom is 0.446 e. The quantitative estimate of drug-likeness (QED) is 0.327. The zero-order valence-electron chi connectivity index (χ0n) is 17.5. The average Bonchev–Trinajstić information content (AvgIpc) is 3.17. The zero-order chi connectivity index (χ0) is 24.9. The van der Waals surface area contributed by atoms with E-state index < -0.39 is 28.0 Å². The van der Waals surface area contributed by atoms with Gasteiger partial charge in [-0.2, -0.15) is 18.4 Å². The lowest BCUT2D eigenvalue weighted by molar-refractivity contribution is -0.0328. The highest BCUT2D eigenvalue weighted by Crippen LogP contribution is 2.40. The van der Waals surface area contributed by atoms with Crippen LogP contribution in [0.4, 0.5) is 24.0 Å². The van der Waals surface area contributed by atoms with Gasteiger partial charge >= 0.3 is 5.51 Å². The van der Waals surface area contributed by atoms with E-state index in [-0.39, 0.29) is 28.9 Å². The molecule has 0 bridgehead atoms. The van der Waals surface area contributed by atoms with E-state index in [1.165, 1.54) is 12.1 Å². The van der Waals surface area contributed by atoms with Gasteiger partial charge in [-0.15, -0.1) is 11.3 Å². The fraction of sp³-hybridized carbons (Fsp3) is 0.190. The van der Waals surface area contributed by atoms with Crippen LogP contribution in [0.1, 0.15) is 26.5 Å². The molecule has 1 amide bonds. The number of amides is 1. The summed E-state index contributed by atoms with van der Waals surface area (Å²) >= 11 is 0.917. The number of hydrogen-bond acceptors (Lipinski definition) is 8. The summed E-state index contributed by atoms with van der Waals surface area (Å²) < 4.78 is 60.8. The molecular weight excluding hydrogens is 509 g/mol. The number of alkyl halides is 3. The molecule has 13 heteroatoms. The molecule has 0 aliphatic rings. The van der Waals surface area contributed by atoms with Crippen molar-refractivity contribution in [3.8, 4) is 6.07 Å². The molecular formula is C21H17F3N4O3S3. The Hall–Kier alpha value is -3.08. The van der Waals surface area contributed by atoms with Crippen molar-refractivity contribution in [1.29, 1.82) is 5.26 Å². The zero-order valence-corrected chi connectivity index (χ0v) is 20.0. The second-order valence-electron chi connectivity index (χ2n) is 6.80. The Balaban J connectivity index is 2.02. The number of anilines is 2. The molecule has 0 radical (unpaired) electrons. The molecule has 3 rings (SSSR count). The van der Waals surface area contributed by atoms with Gasteiger partial charge in [-0.25, -0.2) is 13.4 Å². The molecule has 0 unspecified atom stereocenters. The van der Waals surface area contributed by atoms with Gasteiger partial charge in [-0.05, 0) is 54.6 Å². The second-order valence-corrected chi connectivity index (χ2v) is 10.1. The average molecular weight is 527 g/mol. The molecule has 0 aliphatic heterocycles. The second kappa shape index (κ2) is 10.9. The lowest BCUT2D eigenvalue weighted by Gasteiger charge is -2.23. The number of thiazole rings is 1. The fourth-order valence-corrected chi connectivity index (χ4v) is 4.80. The Labute approximate surface area is 203 Å². The minimum absolute atomic E-state index is 0.00554. The highest BCUT2D eigenvalue weighted by molar-refractivity contribution is 8.00. The number of aryl methyl sites for hydroxylation is 1. The van der Waals surface area contributed by atoms with Crippen LogP contribution < -0.4 is 10.2 Å². The molecule has 0 fully saturated rings. The van der Waals surface area contributed by atoms with Crippen LogP contribution in [0, 0.1) is 18.3 Å². The maximum atomic E-state index is 13.1. The predicted octanol–water partition coefficient (Wildman–Crippen LogP) is 4.57. The van der Waals surface area contributed by atoms with Crippen molar-refractivity contribution in [3.05, 3.63) is 70.2 Å². The molecule has 3 aromatic rings. The summed E-state index contributed by atoms with van der Waals surface area (Å²) in [6.45, 7) is 1.64. The van der Waals surface area contributed by atoms with Gasteiger partial charge in [0.15, 0.2) is 15.8 Å². The molecule has 2 aromatic carbocycles. The number of nitrogens with one attached hydrogen (secondary N) is 1. The standard InChI is InChI=1S/C21H17F3N4O3S3/c1-13-18(19(29)26-12-34(30)31)27-20(32-13)28(16-8-6-14(10-25)7-9-16)11-15-4-2-3-5-17(15)33-21(22,23)24/h2-9,34H,11-12H2,1H3,(H,26,29). The summed E-state index contributed by atoms with van der Waals surface area (Å²) in [4.78, 5) is 18.9. The molecule has 1 N–H and O–H groups in total. The first-order valence-electron chi connectivity index (χ1n) is 9.56. The van der Waals surface area contributed by atoms with Crippen LogP contribution in [0.2, 0.25) is 0 Å². The molecule has 0 saturated heterocycles. The normalized spacial score (nSPS) is 11.3. The monoisotopic (exact) mass is 526 g/mol. The Bertz CT molecular complexity index is 1290. The van der Waals surface area contributed by atoms with Gasteiger partial charge in [0, 0.05) is 15.5 Å². The molecule has 7 nitrogen and oxygen atoms in total. The van der Waals surface area contributed by atoms with Gasteiger partial charge in [0.2, 0.25) is 0 Å². The summed E-state index contributed by atoms with van der Waals surface area (Å²) in [5.41, 5.74) is -3.11. The first-order chi connectivity index (χ1) is 16.1.